The van der Waals surface area contributed by atoms with E-state index in [1.807, 2.05) is 0 Å². The fourth-order valence-electron chi connectivity index (χ4n) is 8.07. The van der Waals surface area contributed by atoms with Crippen molar-refractivity contribution in [1.29, 1.82) is 0 Å². The van der Waals surface area contributed by atoms with E-state index in [2.05, 4.69) is 6.92 Å². The van der Waals surface area contributed by atoms with Gasteiger partial charge in [-0.05, 0) is 140 Å². The summed E-state index contributed by atoms with van der Waals surface area (Å²) in [5.41, 5.74) is 0.768. The minimum Gasteiger partial charge on any atom is -0.494 e. The predicted octanol–water partition coefficient (Wildman–Crippen LogP) is 17.5. The highest BCUT2D eigenvalue weighted by molar-refractivity contribution is 6.37. The second-order valence-electron chi connectivity index (χ2n) is 18.8. The molecule has 0 saturated heterocycles. The first kappa shape index (κ1) is 61.9. The van der Waals surface area contributed by atoms with Crippen molar-refractivity contribution in [1.82, 2.24) is 0 Å². The number of alkyl halides is 9. The van der Waals surface area contributed by atoms with Gasteiger partial charge in [-0.1, -0.05) is 101 Å². The van der Waals surface area contributed by atoms with Crippen molar-refractivity contribution in [3.8, 4) is 34.5 Å². The van der Waals surface area contributed by atoms with Crippen LogP contribution in [0.2, 0.25) is 5.02 Å². The van der Waals surface area contributed by atoms with Crippen LogP contribution >= 0.6 is 11.6 Å². The molecule has 20 heteroatoms. The van der Waals surface area contributed by atoms with E-state index >= 15 is 0 Å². The lowest BCUT2D eigenvalue weighted by atomic mass is 9.98. The largest absolute Gasteiger partial charge is 0.494 e. The lowest BCUT2D eigenvalue weighted by Gasteiger charge is -2.33. The first-order valence-electron chi connectivity index (χ1n) is 26.1. The summed E-state index contributed by atoms with van der Waals surface area (Å²) in [6.07, 6.45) is 1.81. The standard InChI is InChI=1S/C60H58ClF9O10/c1-2-3-4-5-6-8-11-14-37-75-45-26-17-41(18-27-45)53(71)77-47-30-21-43(22-31-47)55(73)79-49-34-16-40-25-35-51(52(61)50(40)39-49)80-56(74)44-23-32-48(33-24-44)78-54(72)42-19-28-46(29-20-42)76-38-15-12-9-7-10-13-36-57(62,63)58(64,65)59(66,67)60(68,69)70/h16-35,39H,2-15,36-38H2,1H3. The van der Waals surface area contributed by atoms with Crippen molar-refractivity contribution in [2.45, 2.75) is 127 Å². The summed E-state index contributed by atoms with van der Waals surface area (Å²) in [4.78, 5) is 52.0. The summed E-state index contributed by atoms with van der Waals surface area (Å²) < 4.78 is 151. The van der Waals surface area contributed by atoms with E-state index in [4.69, 9.17) is 40.0 Å². The van der Waals surface area contributed by atoms with Gasteiger partial charge in [-0.25, -0.2) is 19.2 Å². The molecule has 0 heterocycles. The maximum absolute atomic E-state index is 13.7. The minimum absolute atomic E-state index is 0.0150. The first-order valence-corrected chi connectivity index (χ1v) is 26.4. The van der Waals surface area contributed by atoms with Crippen LogP contribution in [-0.4, -0.2) is 61.0 Å². The van der Waals surface area contributed by atoms with Crippen molar-refractivity contribution in [2.75, 3.05) is 13.2 Å². The third kappa shape index (κ3) is 17.1. The predicted molar refractivity (Wildman–Crippen MR) is 281 cm³/mol. The van der Waals surface area contributed by atoms with Gasteiger partial charge in [0, 0.05) is 11.8 Å². The highest BCUT2D eigenvalue weighted by Gasteiger charge is 2.81. The Balaban J connectivity index is 0.895. The summed E-state index contributed by atoms with van der Waals surface area (Å²) in [7, 11) is 0. The van der Waals surface area contributed by atoms with Gasteiger partial charge >= 0.3 is 47.8 Å². The van der Waals surface area contributed by atoms with Gasteiger partial charge in [0.25, 0.3) is 0 Å². The van der Waals surface area contributed by atoms with E-state index in [1.165, 1.54) is 123 Å². The van der Waals surface area contributed by atoms with Gasteiger partial charge in [0.1, 0.15) is 34.5 Å². The van der Waals surface area contributed by atoms with E-state index in [1.54, 1.807) is 42.5 Å². The molecule has 0 radical (unpaired) electrons. The average molecular weight is 1150 g/mol. The molecule has 0 amide bonds. The zero-order valence-corrected chi connectivity index (χ0v) is 44.3. The van der Waals surface area contributed by atoms with Crippen LogP contribution in [0.15, 0.2) is 127 Å². The quantitative estimate of drug-likeness (QED) is 0.0186. The lowest BCUT2D eigenvalue weighted by Crippen LogP contribution is -2.60. The Morgan fingerprint density at radius 2 is 0.750 bits per heavy atom. The van der Waals surface area contributed by atoms with Gasteiger partial charge in [-0.15, -0.1) is 0 Å². The Labute approximate surface area is 461 Å². The Hall–Kier alpha value is -7.28. The normalized spacial score (nSPS) is 12.0. The molecular formula is C60H58ClF9O10. The summed E-state index contributed by atoms with van der Waals surface area (Å²) in [5.74, 6) is -20.3. The fraction of sp³-hybridized carbons (Fsp3) is 0.367. The number of unbranched alkanes of at least 4 members (excludes halogenated alkanes) is 12. The van der Waals surface area contributed by atoms with Crippen LogP contribution in [-0.2, 0) is 0 Å². The molecule has 0 bridgehead atoms. The van der Waals surface area contributed by atoms with E-state index in [0.717, 1.165) is 12.8 Å². The van der Waals surface area contributed by atoms with Crippen LogP contribution < -0.4 is 28.4 Å². The maximum atomic E-state index is 13.7. The molecule has 10 nitrogen and oxygen atoms in total. The van der Waals surface area contributed by atoms with Crippen LogP contribution in [0.25, 0.3) is 10.8 Å². The molecule has 0 N–H and O–H groups in total. The highest BCUT2D eigenvalue weighted by Crippen LogP contribution is 2.54. The number of carbonyl (C=O) groups excluding carboxylic acids is 4. The highest BCUT2D eigenvalue weighted by atomic mass is 35.5. The molecule has 0 aliphatic carbocycles. The molecule has 0 fully saturated rings. The molecule has 6 aromatic carbocycles. The van der Waals surface area contributed by atoms with E-state index in [-0.39, 0.29) is 64.2 Å². The number of carbonyl (C=O) groups is 4. The second kappa shape index (κ2) is 28.7. The summed E-state index contributed by atoms with van der Waals surface area (Å²) in [6, 6.07) is 32.0. The number of rotatable bonds is 30. The Morgan fingerprint density at radius 3 is 1.18 bits per heavy atom. The molecule has 0 saturated carbocycles. The van der Waals surface area contributed by atoms with Crippen LogP contribution in [0.1, 0.15) is 145 Å². The molecular weight excluding hydrogens is 1090 g/mol. The number of benzene rings is 6. The van der Waals surface area contributed by atoms with E-state index < -0.39 is 60.7 Å². The van der Waals surface area contributed by atoms with Gasteiger partial charge in [-0.3, -0.25) is 0 Å². The molecule has 0 aliphatic heterocycles. The third-order valence-electron chi connectivity index (χ3n) is 12.7. The molecule has 428 valence electrons. The van der Waals surface area contributed by atoms with Gasteiger partial charge in [0.05, 0.1) is 40.5 Å². The first-order chi connectivity index (χ1) is 38.1. The Bertz CT molecular complexity index is 2990. The second-order valence-corrected chi connectivity index (χ2v) is 19.2. The van der Waals surface area contributed by atoms with Crippen LogP contribution in [0, 0.1) is 0 Å². The molecule has 6 rings (SSSR count). The van der Waals surface area contributed by atoms with Crippen LogP contribution in [0.4, 0.5) is 39.5 Å². The summed E-state index contributed by atoms with van der Waals surface area (Å²) >= 11 is 6.70. The number of hydrogen-bond donors (Lipinski definition) is 0. The zero-order valence-electron chi connectivity index (χ0n) is 43.5. The van der Waals surface area contributed by atoms with E-state index in [0.29, 0.717) is 53.7 Å². The van der Waals surface area contributed by atoms with Crippen LogP contribution in [0.3, 0.4) is 0 Å². The molecule has 80 heavy (non-hydrogen) atoms. The fourth-order valence-corrected chi connectivity index (χ4v) is 8.34. The molecule has 0 atom stereocenters. The summed E-state index contributed by atoms with van der Waals surface area (Å²) in [6.45, 7) is 3.01. The van der Waals surface area contributed by atoms with E-state index in [9.17, 15) is 58.7 Å². The SMILES string of the molecule is CCCCCCCCCCOc1ccc(C(=O)Oc2ccc(C(=O)Oc3ccc4ccc(OC(=O)c5ccc(OC(=O)c6ccc(OCCCCCCCCC(F)(F)C(F)(F)C(F)(F)C(F)(F)F)cc6)cc5)c(Cl)c4c3)cc2)cc1. The maximum Gasteiger partial charge on any atom is 0.460 e. The monoisotopic (exact) mass is 1140 g/mol. The van der Waals surface area contributed by atoms with Crippen molar-refractivity contribution < 1.29 is 87.1 Å². The number of ether oxygens (including phenoxy) is 6. The average Bonchev–Trinajstić information content (AvgIpc) is 3.50. The molecule has 0 unspecified atom stereocenters. The van der Waals surface area contributed by atoms with Gasteiger partial charge in [0.2, 0.25) is 0 Å². The zero-order chi connectivity index (χ0) is 57.9. The Morgan fingerprint density at radius 1 is 0.400 bits per heavy atom. The smallest absolute Gasteiger partial charge is 0.460 e. The lowest BCUT2D eigenvalue weighted by molar-refractivity contribution is -0.396. The topological polar surface area (TPSA) is 124 Å². The Kier molecular flexibility index (Phi) is 22.2. The van der Waals surface area contributed by atoms with Crippen molar-refractivity contribution in [2.24, 2.45) is 0 Å². The van der Waals surface area contributed by atoms with Crippen LogP contribution in [0.5, 0.6) is 34.5 Å². The van der Waals surface area contributed by atoms with Crippen molar-refractivity contribution in [3.63, 3.8) is 0 Å². The number of fused-ring (bicyclic) bond motifs is 1. The van der Waals surface area contributed by atoms with Crippen molar-refractivity contribution in [3.05, 3.63) is 155 Å². The summed E-state index contributed by atoms with van der Waals surface area (Å²) in [5, 5.41) is 1.13. The van der Waals surface area contributed by atoms with Crippen molar-refractivity contribution >= 4 is 46.3 Å². The molecule has 6 aromatic rings. The third-order valence-corrected chi connectivity index (χ3v) is 13.1. The van der Waals surface area contributed by atoms with Gasteiger partial charge < -0.3 is 28.4 Å². The van der Waals surface area contributed by atoms with Gasteiger partial charge in [0.15, 0.2) is 0 Å². The molecule has 0 aliphatic rings. The minimum atomic E-state index is -6.89. The molecule has 0 spiro atoms. The number of halogens is 10. The number of esters is 4. The van der Waals surface area contributed by atoms with Gasteiger partial charge in [-0.2, -0.15) is 39.5 Å². The number of hydrogen-bond acceptors (Lipinski definition) is 10. The molecule has 0 aromatic heterocycles.